The van der Waals surface area contributed by atoms with Crippen LogP contribution in [-0.4, -0.2) is 12.3 Å². The highest BCUT2D eigenvalue weighted by molar-refractivity contribution is 9.10. The van der Waals surface area contributed by atoms with Gasteiger partial charge in [-0.25, -0.2) is 0 Å². The highest BCUT2D eigenvalue weighted by Gasteiger charge is 2.31. The maximum Gasteiger partial charge on any atom is 0.416 e. The molecular formula is C16H17BrF3N. The van der Waals surface area contributed by atoms with Crippen molar-refractivity contribution in [2.45, 2.75) is 33.4 Å². The predicted molar refractivity (Wildman–Crippen MR) is 83.5 cm³/mol. The van der Waals surface area contributed by atoms with Gasteiger partial charge in [0.25, 0.3) is 0 Å². The third-order valence-electron chi connectivity index (χ3n) is 3.38. The molecule has 1 aliphatic heterocycles. The second-order valence-electron chi connectivity index (χ2n) is 6.13. The van der Waals surface area contributed by atoms with Gasteiger partial charge in [0, 0.05) is 22.1 Å². The molecule has 1 heterocycles. The van der Waals surface area contributed by atoms with Crippen molar-refractivity contribution in [2.24, 2.45) is 10.4 Å². The average molecular weight is 360 g/mol. The van der Waals surface area contributed by atoms with Crippen molar-refractivity contribution in [3.8, 4) is 0 Å². The molecule has 114 valence electrons. The molecule has 0 radical (unpaired) electrons. The number of dihydropyridines is 1. The third kappa shape index (κ3) is 3.76. The Labute approximate surface area is 131 Å². The number of allylic oxidation sites excluding steroid dienone is 1. The first kappa shape index (κ1) is 16.3. The Morgan fingerprint density at radius 2 is 1.81 bits per heavy atom. The lowest BCUT2D eigenvalue weighted by atomic mass is 9.85. The quantitative estimate of drug-likeness (QED) is 0.605. The van der Waals surface area contributed by atoms with Crippen LogP contribution in [0.25, 0.3) is 5.57 Å². The fraction of sp³-hybridized carbons (Fsp3) is 0.438. The molecule has 21 heavy (non-hydrogen) atoms. The van der Waals surface area contributed by atoms with Crippen molar-refractivity contribution < 1.29 is 13.2 Å². The van der Waals surface area contributed by atoms with Gasteiger partial charge in [-0.1, -0.05) is 36.7 Å². The Kier molecular flexibility index (Phi) is 4.34. The van der Waals surface area contributed by atoms with Crippen LogP contribution in [0.15, 0.2) is 33.7 Å². The molecule has 1 nitrogen and oxygen atoms in total. The lowest BCUT2D eigenvalue weighted by Gasteiger charge is -2.24. The zero-order valence-electron chi connectivity index (χ0n) is 12.2. The van der Waals surface area contributed by atoms with E-state index in [1.54, 1.807) is 0 Å². The molecule has 0 N–H and O–H groups in total. The lowest BCUT2D eigenvalue weighted by molar-refractivity contribution is -0.137. The molecule has 0 saturated heterocycles. The molecule has 1 aromatic carbocycles. The molecule has 1 aliphatic rings. The molecule has 5 heteroatoms. The van der Waals surface area contributed by atoms with E-state index in [1.165, 1.54) is 12.1 Å². The Balaban J connectivity index is 2.47. The van der Waals surface area contributed by atoms with Crippen LogP contribution in [0.4, 0.5) is 13.2 Å². The summed E-state index contributed by atoms with van der Waals surface area (Å²) in [5, 5.41) is 0. The van der Waals surface area contributed by atoms with Gasteiger partial charge >= 0.3 is 6.18 Å². The van der Waals surface area contributed by atoms with E-state index < -0.39 is 11.7 Å². The Bertz CT molecular complexity index is 607. The summed E-state index contributed by atoms with van der Waals surface area (Å²) in [4.78, 5) is 4.48. The first-order chi connectivity index (χ1) is 9.59. The van der Waals surface area contributed by atoms with Crippen LogP contribution in [0.2, 0.25) is 0 Å². The van der Waals surface area contributed by atoms with Gasteiger partial charge in [0.15, 0.2) is 0 Å². The van der Waals surface area contributed by atoms with Crippen LogP contribution in [0.3, 0.4) is 0 Å². The van der Waals surface area contributed by atoms with Crippen LogP contribution in [-0.2, 0) is 6.18 Å². The molecule has 0 atom stereocenters. The highest BCUT2D eigenvalue weighted by atomic mass is 79.9. The summed E-state index contributed by atoms with van der Waals surface area (Å²) < 4.78 is 39.3. The smallest absolute Gasteiger partial charge is 0.289 e. The van der Waals surface area contributed by atoms with E-state index in [4.69, 9.17) is 0 Å². The normalized spacial score (nSPS) is 16.5. The monoisotopic (exact) mass is 359 g/mol. The van der Waals surface area contributed by atoms with Gasteiger partial charge in [0.1, 0.15) is 0 Å². The molecule has 0 aliphatic carbocycles. The van der Waals surface area contributed by atoms with Crippen LogP contribution in [0, 0.1) is 5.41 Å². The zero-order valence-corrected chi connectivity index (χ0v) is 13.8. The minimum Gasteiger partial charge on any atom is -0.289 e. The number of aliphatic imine (C=N–C) groups is 1. The molecule has 0 fully saturated rings. The maximum absolute atomic E-state index is 12.9. The van der Waals surface area contributed by atoms with Gasteiger partial charge in [-0.3, -0.25) is 4.99 Å². The Morgan fingerprint density at radius 3 is 2.38 bits per heavy atom. The summed E-state index contributed by atoms with van der Waals surface area (Å²) in [6.07, 6.45) is -1.76. The number of alkyl halides is 3. The van der Waals surface area contributed by atoms with Gasteiger partial charge in [-0.15, -0.1) is 0 Å². The predicted octanol–water partition coefficient (Wildman–Crippen LogP) is 5.74. The number of benzene rings is 1. The van der Waals surface area contributed by atoms with E-state index in [0.717, 1.165) is 17.4 Å². The number of hydrogen-bond donors (Lipinski definition) is 0. The summed E-state index contributed by atoms with van der Waals surface area (Å²) in [5.74, 6) is 0. The molecular weight excluding hydrogens is 343 g/mol. The van der Waals surface area contributed by atoms with Crippen molar-refractivity contribution in [2.75, 3.05) is 6.54 Å². The van der Waals surface area contributed by atoms with Crippen molar-refractivity contribution in [1.29, 1.82) is 0 Å². The number of rotatable bonds is 1. The standard InChI is InChI=1S/C16H17BrF3N/c1-15(2,3)14-8-10(6-7-21-14)12-9-11(16(18,19)20)4-5-13(12)17/h4-5,8-9H,6-7H2,1-3H3. The topological polar surface area (TPSA) is 12.4 Å². The van der Waals surface area contributed by atoms with E-state index in [1.807, 2.05) is 26.8 Å². The highest BCUT2D eigenvalue weighted by Crippen LogP contribution is 2.36. The molecule has 0 amide bonds. The van der Waals surface area contributed by atoms with Crippen molar-refractivity contribution >= 4 is 27.2 Å². The number of hydrogen-bond acceptors (Lipinski definition) is 1. The van der Waals surface area contributed by atoms with Gasteiger partial charge in [0.2, 0.25) is 0 Å². The third-order valence-corrected chi connectivity index (χ3v) is 4.07. The van der Waals surface area contributed by atoms with Gasteiger partial charge in [0.05, 0.1) is 5.56 Å². The summed E-state index contributed by atoms with van der Waals surface area (Å²) in [6.45, 7) is 6.76. The van der Waals surface area contributed by atoms with E-state index in [9.17, 15) is 13.2 Å². The van der Waals surface area contributed by atoms with E-state index >= 15 is 0 Å². The van der Waals surface area contributed by atoms with Crippen molar-refractivity contribution in [1.82, 2.24) is 0 Å². The second kappa shape index (κ2) is 5.59. The minimum absolute atomic E-state index is 0.111. The molecule has 0 aromatic heterocycles. The first-order valence-corrected chi connectivity index (χ1v) is 7.51. The second-order valence-corrected chi connectivity index (χ2v) is 6.98. The van der Waals surface area contributed by atoms with Gasteiger partial charge in [-0.05, 0) is 41.8 Å². The SMILES string of the molecule is CC(C)(C)C1=NCCC(c2cc(C(F)(F)F)ccc2Br)=C1. The summed E-state index contributed by atoms with van der Waals surface area (Å²) in [5.41, 5.74) is 1.68. The average Bonchev–Trinajstić information content (AvgIpc) is 2.37. The fourth-order valence-corrected chi connectivity index (χ4v) is 2.69. The summed E-state index contributed by atoms with van der Waals surface area (Å²) >= 11 is 3.36. The molecule has 1 aromatic rings. The molecule has 0 unspecified atom stereocenters. The number of halogens is 4. The zero-order chi connectivity index (χ0) is 15.8. The molecule has 0 saturated carbocycles. The maximum atomic E-state index is 12.9. The van der Waals surface area contributed by atoms with Gasteiger partial charge < -0.3 is 0 Å². The molecule has 0 bridgehead atoms. The molecule has 0 spiro atoms. The van der Waals surface area contributed by atoms with Crippen molar-refractivity contribution in [3.63, 3.8) is 0 Å². The largest absolute Gasteiger partial charge is 0.416 e. The lowest BCUT2D eigenvalue weighted by Crippen LogP contribution is -2.21. The summed E-state index contributed by atoms with van der Waals surface area (Å²) in [7, 11) is 0. The van der Waals surface area contributed by atoms with Gasteiger partial charge in [-0.2, -0.15) is 13.2 Å². The minimum atomic E-state index is -4.33. The fourth-order valence-electron chi connectivity index (χ4n) is 2.19. The first-order valence-electron chi connectivity index (χ1n) is 6.71. The van der Waals surface area contributed by atoms with Crippen molar-refractivity contribution in [3.05, 3.63) is 39.9 Å². The van der Waals surface area contributed by atoms with Crippen LogP contribution in [0.1, 0.15) is 38.3 Å². The van der Waals surface area contributed by atoms with E-state index in [2.05, 4.69) is 20.9 Å². The Hall–Kier alpha value is -1.10. The van der Waals surface area contributed by atoms with Crippen LogP contribution >= 0.6 is 15.9 Å². The van der Waals surface area contributed by atoms with Crippen LogP contribution < -0.4 is 0 Å². The number of nitrogens with zero attached hydrogens (tertiary/aromatic N) is 1. The van der Waals surface area contributed by atoms with E-state index in [0.29, 0.717) is 23.0 Å². The van der Waals surface area contributed by atoms with E-state index in [-0.39, 0.29) is 5.41 Å². The Morgan fingerprint density at radius 1 is 1.14 bits per heavy atom. The molecule has 2 rings (SSSR count). The summed E-state index contributed by atoms with van der Waals surface area (Å²) in [6, 6.07) is 3.76. The van der Waals surface area contributed by atoms with Crippen LogP contribution in [0.5, 0.6) is 0 Å².